The second kappa shape index (κ2) is 10.6. The summed E-state index contributed by atoms with van der Waals surface area (Å²) in [7, 11) is -3.27. The van der Waals surface area contributed by atoms with E-state index in [0.717, 1.165) is 11.3 Å². The summed E-state index contributed by atoms with van der Waals surface area (Å²) < 4.78 is 42.5. The van der Waals surface area contributed by atoms with Crippen LogP contribution in [0.2, 0.25) is 0 Å². The average Bonchev–Trinajstić information content (AvgIpc) is 2.80. The molecule has 1 atom stereocenters. The average molecular weight is 516 g/mol. The minimum atomic E-state index is -3.27. The number of rotatable bonds is 6. The van der Waals surface area contributed by atoms with Crippen molar-refractivity contribution in [2.75, 3.05) is 41.5 Å². The van der Waals surface area contributed by atoms with Crippen LogP contribution in [-0.4, -0.2) is 55.6 Å². The number of sulfone groups is 1. The largest absolute Gasteiger partial charge is 0.377 e. The molecule has 2 aromatic carbocycles. The Labute approximate surface area is 209 Å². The van der Waals surface area contributed by atoms with Gasteiger partial charge in [0.2, 0.25) is 0 Å². The molecule has 8 nitrogen and oxygen atoms in total. The van der Waals surface area contributed by atoms with Crippen LogP contribution in [0.5, 0.6) is 0 Å². The van der Waals surface area contributed by atoms with Crippen molar-refractivity contribution in [3.63, 3.8) is 0 Å². The number of thiocarbonyl (C=S) groups is 1. The van der Waals surface area contributed by atoms with Gasteiger partial charge in [-0.05, 0) is 67.7 Å². The fraction of sp³-hybridized carbons (Fsp3) is 0.292. The van der Waals surface area contributed by atoms with Gasteiger partial charge < -0.3 is 20.3 Å². The first-order valence-electron chi connectivity index (χ1n) is 11.0. The molecular formula is C24H26FN5O3S2. The predicted octanol–water partition coefficient (Wildman–Crippen LogP) is 3.86. The van der Waals surface area contributed by atoms with Gasteiger partial charge >= 0.3 is 0 Å². The molecule has 1 saturated heterocycles. The van der Waals surface area contributed by atoms with E-state index in [-0.39, 0.29) is 17.6 Å². The van der Waals surface area contributed by atoms with Crippen LogP contribution < -0.4 is 15.5 Å². The lowest BCUT2D eigenvalue weighted by atomic mass is 10.2. The number of anilines is 3. The van der Waals surface area contributed by atoms with E-state index < -0.39 is 9.84 Å². The fourth-order valence-corrected chi connectivity index (χ4v) is 4.62. The molecule has 2 heterocycles. The first-order valence-corrected chi connectivity index (χ1v) is 13.5. The highest BCUT2D eigenvalue weighted by Gasteiger charge is 2.22. The van der Waals surface area contributed by atoms with Crippen LogP contribution in [0.3, 0.4) is 0 Å². The summed E-state index contributed by atoms with van der Waals surface area (Å²) in [5.41, 5.74) is 2.59. The van der Waals surface area contributed by atoms with E-state index in [0.29, 0.717) is 47.9 Å². The Kier molecular flexibility index (Phi) is 7.58. The van der Waals surface area contributed by atoms with Crippen molar-refractivity contribution in [2.45, 2.75) is 18.7 Å². The number of hydrogen-bond donors (Lipinski definition) is 2. The first kappa shape index (κ1) is 25.0. The molecule has 1 aliphatic heterocycles. The zero-order valence-corrected chi connectivity index (χ0v) is 21.0. The highest BCUT2D eigenvalue weighted by Crippen LogP contribution is 2.25. The lowest BCUT2D eigenvalue weighted by Crippen LogP contribution is -2.44. The van der Waals surface area contributed by atoms with E-state index in [4.69, 9.17) is 21.9 Å². The number of morpholine rings is 1. The van der Waals surface area contributed by atoms with Crippen molar-refractivity contribution in [2.24, 2.45) is 0 Å². The third-order valence-electron chi connectivity index (χ3n) is 5.34. The molecule has 1 fully saturated rings. The molecule has 1 aliphatic rings. The Hall–Kier alpha value is -3.15. The van der Waals surface area contributed by atoms with Crippen LogP contribution >= 0.6 is 12.2 Å². The van der Waals surface area contributed by atoms with Crippen LogP contribution in [0.4, 0.5) is 21.6 Å². The van der Waals surface area contributed by atoms with E-state index in [1.807, 2.05) is 31.2 Å². The maximum absolute atomic E-state index is 13.1. The summed E-state index contributed by atoms with van der Waals surface area (Å²) >= 11 is 5.33. The second-order valence-electron chi connectivity index (χ2n) is 8.39. The van der Waals surface area contributed by atoms with Gasteiger partial charge in [0, 0.05) is 35.8 Å². The summed E-state index contributed by atoms with van der Waals surface area (Å²) in [5, 5.41) is 6.44. The van der Waals surface area contributed by atoms with Gasteiger partial charge in [-0.15, -0.1) is 0 Å². The zero-order valence-electron chi connectivity index (χ0n) is 19.4. The highest BCUT2D eigenvalue weighted by atomic mass is 32.2. The van der Waals surface area contributed by atoms with Crippen molar-refractivity contribution in [3.05, 3.63) is 66.1 Å². The minimum Gasteiger partial charge on any atom is -0.377 e. The number of nitrogens with one attached hydrogen (secondary N) is 2. The third kappa shape index (κ3) is 6.93. The molecule has 0 bridgehead atoms. The van der Waals surface area contributed by atoms with Gasteiger partial charge in [0.05, 0.1) is 30.7 Å². The van der Waals surface area contributed by atoms with Gasteiger partial charge in [-0.1, -0.05) is 0 Å². The molecule has 4 rings (SSSR count). The number of ether oxygens (including phenoxy) is 1. The second-order valence-corrected chi connectivity index (χ2v) is 10.9. The SMILES string of the molecule is C[C@H]1COCCN1c1cc(CS(C)(=O)=O)nc(-c2ccc(NC(=S)Nc3ccc(F)cc3)cc2)n1. The lowest BCUT2D eigenvalue weighted by Gasteiger charge is -2.34. The molecule has 0 unspecified atom stereocenters. The third-order valence-corrected chi connectivity index (χ3v) is 6.36. The Balaban J connectivity index is 1.55. The van der Waals surface area contributed by atoms with Crippen LogP contribution in [0, 0.1) is 5.82 Å². The van der Waals surface area contributed by atoms with E-state index in [1.54, 1.807) is 18.2 Å². The number of nitrogens with zero attached hydrogens (tertiary/aromatic N) is 3. The summed E-state index contributed by atoms with van der Waals surface area (Å²) in [6.07, 6.45) is 1.19. The normalized spacial score (nSPS) is 16.1. The van der Waals surface area contributed by atoms with Gasteiger partial charge in [-0.25, -0.2) is 22.8 Å². The Bertz CT molecular complexity index is 1300. The predicted molar refractivity (Wildman–Crippen MR) is 140 cm³/mol. The highest BCUT2D eigenvalue weighted by molar-refractivity contribution is 7.89. The molecule has 184 valence electrons. The number of halogens is 1. The van der Waals surface area contributed by atoms with Crippen molar-refractivity contribution in [1.82, 2.24) is 9.97 Å². The van der Waals surface area contributed by atoms with Gasteiger partial charge in [0.1, 0.15) is 11.6 Å². The zero-order chi connectivity index (χ0) is 25.0. The number of aromatic nitrogens is 2. The maximum atomic E-state index is 13.1. The van der Waals surface area contributed by atoms with E-state index in [9.17, 15) is 12.8 Å². The van der Waals surface area contributed by atoms with Crippen molar-refractivity contribution >= 4 is 44.4 Å². The Morgan fingerprint density at radius 2 is 1.74 bits per heavy atom. The quantitative estimate of drug-likeness (QED) is 0.475. The fourth-order valence-electron chi connectivity index (χ4n) is 3.70. The van der Waals surface area contributed by atoms with Gasteiger partial charge in [-0.3, -0.25) is 0 Å². The Morgan fingerprint density at radius 3 is 2.34 bits per heavy atom. The van der Waals surface area contributed by atoms with Crippen LogP contribution in [0.15, 0.2) is 54.6 Å². The molecule has 0 spiro atoms. The molecule has 0 saturated carbocycles. The van der Waals surface area contributed by atoms with E-state index >= 15 is 0 Å². The molecule has 0 aliphatic carbocycles. The topological polar surface area (TPSA) is 96.5 Å². The molecule has 35 heavy (non-hydrogen) atoms. The number of benzene rings is 2. The van der Waals surface area contributed by atoms with Crippen LogP contribution in [0.25, 0.3) is 11.4 Å². The van der Waals surface area contributed by atoms with E-state index in [1.165, 1.54) is 18.4 Å². The summed E-state index contributed by atoms with van der Waals surface area (Å²) in [5.74, 6) is 0.630. The summed E-state index contributed by atoms with van der Waals surface area (Å²) in [6.45, 7) is 3.86. The standard InChI is InChI=1S/C24H26FN5O3S2/c1-16-14-33-12-11-30(16)22-13-21(15-35(2,31)32)26-23(29-22)17-3-7-19(8-4-17)27-24(34)28-20-9-5-18(25)6-10-20/h3-10,13,16H,11-12,14-15H2,1-2H3,(H2,27,28,34)/t16-/m0/s1. The van der Waals surface area contributed by atoms with Gasteiger partial charge in [-0.2, -0.15) is 0 Å². The molecular weight excluding hydrogens is 489 g/mol. The smallest absolute Gasteiger partial charge is 0.175 e. The number of hydrogen-bond acceptors (Lipinski definition) is 7. The van der Waals surface area contributed by atoms with Crippen molar-refractivity contribution in [3.8, 4) is 11.4 Å². The molecule has 3 aromatic rings. The van der Waals surface area contributed by atoms with E-state index in [2.05, 4.69) is 20.5 Å². The van der Waals surface area contributed by atoms with Crippen molar-refractivity contribution < 1.29 is 17.5 Å². The first-order chi connectivity index (χ1) is 16.7. The summed E-state index contributed by atoms with van der Waals surface area (Å²) in [6, 6.07) is 15.1. The van der Waals surface area contributed by atoms with Crippen LogP contribution in [0.1, 0.15) is 12.6 Å². The maximum Gasteiger partial charge on any atom is 0.175 e. The Morgan fingerprint density at radius 1 is 1.11 bits per heavy atom. The lowest BCUT2D eigenvalue weighted by molar-refractivity contribution is 0.0985. The molecule has 0 radical (unpaired) electrons. The minimum absolute atomic E-state index is 0.110. The molecule has 0 amide bonds. The van der Waals surface area contributed by atoms with Gasteiger partial charge in [0.25, 0.3) is 0 Å². The molecule has 2 N–H and O–H groups in total. The van der Waals surface area contributed by atoms with Crippen molar-refractivity contribution in [1.29, 1.82) is 0 Å². The monoisotopic (exact) mass is 515 g/mol. The van der Waals surface area contributed by atoms with Crippen LogP contribution in [-0.2, 0) is 20.3 Å². The summed E-state index contributed by atoms with van der Waals surface area (Å²) in [4.78, 5) is 11.4. The molecule has 11 heteroatoms. The van der Waals surface area contributed by atoms with Gasteiger partial charge in [0.15, 0.2) is 20.8 Å². The molecule has 1 aromatic heterocycles.